The van der Waals surface area contributed by atoms with E-state index in [9.17, 15) is 4.39 Å². The van der Waals surface area contributed by atoms with E-state index < -0.39 is 5.82 Å². The molecular weight excluding hydrogens is 322 g/mol. The largest absolute Gasteiger partial charge is 0.271 e. The molecule has 0 radical (unpaired) electrons. The lowest BCUT2D eigenvalue weighted by molar-refractivity contribution is 0.545. The van der Waals surface area contributed by atoms with Crippen LogP contribution in [-0.2, 0) is 6.42 Å². The van der Waals surface area contributed by atoms with Gasteiger partial charge < -0.3 is 0 Å². The quantitative estimate of drug-likeness (QED) is 0.637. The molecule has 0 aliphatic heterocycles. The van der Waals surface area contributed by atoms with Crippen LogP contribution in [0, 0.1) is 5.82 Å². The van der Waals surface area contributed by atoms with Crippen molar-refractivity contribution in [2.45, 2.75) is 12.5 Å². The van der Waals surface area contributed by atoms with E-state index in [0.29, 0.717) is 22.0 Å². The Kier molecular flexibility index (Phi) is 5.24. The fraction of sp³-hybridized carbons (Fsp3) is 0.143. The molecule has 6 heteroatoms. The van der Waals surface area contributed by atoms with E-state index in [2.05, 4.69) is 5.43 Å². The lowest BCUT2D eigenvalue weighted by Crippen LogP contribution is -2.30. The van der Waals surface area contributed by atoms with Crippen molar-refractivity contribution in [3.63, 3.8) is 0 Å². The molecule has 0 bridgehead atoms. The molecule has 0 saturated heterocycles. The molecule has 0 heterocycles. The number of benzene rings is 2. The standard InChI is InChI=1S/C14H12Cl3FN2/c15-10-5-4-8(6-11(10)16)7-13(20-19)9-2-1-3-12(18)14(9)17/h1-6,13,20H,7,19H2. The number of rotatable bonds is 4. The Hall–Kier alpha value is -0.840. The van der Waals surface area contributed by atoms with Gasteiger partial charge in [-0.15, -0.1) is 0 Å². The van der Waals surface area contributed by atoms with Crippen LogP contribution in [0.25, 0.3) is 0 Å². The molecule has 1 atom stereocenters. The minimum atomic E-state index is -0.474. The van der Waals surface area contributed by atoms with Gasteiger partial charge in [0.2, 0.25) is 0 Å². The predicted octanol–water partition coefficient (Wildman–Crippen LogP) is 4.53. The Balaban J connectivity index is 2.28. The molecular formula is C14H12Cl3FN2. The summed E-state index contributed by atoms with van der Waals surface area (Å²) in [6.07, 6.45) is 0.510. The fourth-order valence-electron chi connectivity index (χ4n) is 1.95. The molecule has 2 aromatic carbocycles. The van der Waals surface area contributed by atoms with E-state index in [4.69, 9.17) is 40.6 Å². The van der Waals surface area contributed by atoms with E-state index in [0.717, 1.165) is 5.56 Å². The average Bonchev–Trinajstić information content (AvgIpc) is 2.43. The van der Waals surface area contributed by atoms with E-state index in [1.165, 1.54) is 6.07 Å². The third-order valence-electron chi connectivity index (χ3n) is 2.98. The van der Waals surface area contributed by atoms with E-state index in [-0.39, 0.29) is 11.1 Å². The molecule has 2 rings (SSSR count). The van der Waals surface area contributed by atoms with Crippen LogP contribution >= 0.6 is 34.8 Å². The first kappa shape index (κ1) is 15.5. The van der Waals surface area contributed by atoms with Gasteiger partial charge in [-0.25, -0.2) is 4.39 Å². The maximum absolute atomic E-state index is 13.5. The summed E-state index contributed by atoms with van der Waals surface area (Å²) in [5.74, 6) is 5.08. The number of hydrogen-bond donors (Lipinski definition) is 2. The van der Waals surface area contributed by atoms with Crippen molar-refractivity contribution >= 4 is 34.8 Å². The third-order valence-corrected chi connectivity index (χ3v) is 4.12. The molecule has 106 valence electrons. The Morgan fingerprint density at radius 3 is 2.50 bits per heavy atom. The summed E-state index contributed by atoms with van der Waals surface area (Å²) in [4.78, 5) is 0. The highest BCUT2D eigenvalue weighted by molar-refractivity contribution is 6.42. The topological polar surface area (TPSA) is 38.0 Å². The van der Waals surface area contributed by atoms with Gasteiger partial charge >= 0.3 is 0 Å². The smallest absolute Gasteiger partial charge is 0.142 e. The molecule has 2 aromatic rings. The van der Waals surface area contributed by atoms with E-state index >= 15 is 0 Å². The van der Waals surface area contributed by atoms with Crippen LogP contribution in [0.15, 0.2) is 36.4 Å². The van der Waals surface area contributed by atoms with Crippen LogP contribution in [-0.4, -0.2) is 0 Å². The molecule has 0 saturated carbocycles. The van der Waals surface area contributed by atoms with E-state index in [1.54, 1.807) is 24.3 Å². The monoisotopic (exact) mass is 332 g/mol. The van der Waals surface area contributed by atoms with Gasteiger partial charge in [0.1, 0.15) is 5.82 Å². The van der Waals surface area contributed by atoms with Crippen molar-refractivity contribution < 1.29 is 4.39 Å². The molecule has 1 unspecified atom stereocenters. The third kappa shape index (κ3) is 3.43. The zero-order valence-corrected chi connectivity index (χ0v) is 12.6. The van der Waals surface area contributed by atoms with Crippen LogP contribution in [0.3, 0.4) is 0 Å². The number of hydrogen-bond acceptors (Lipinski definition) is 2. The van der Waals surface area contributed by atoms with Crippen LogP contribution in [0.5, 0.6) is 0 Å². The maximum atomic E-state index is 13.5. The lowest BCUT2D eigenvalue weighted by atomic mass is 9.99. The minimum Gasteiger partial charge on any atom is -0.271 e. The molecule has 20 heavy (non-hydrogen) atoms. The zero-order valence-electron chi connectivity index (χ0n) is 10.3. The van der Waals surface area contributed by atoms with Crippen molar-refractivity contribution in [1.82, 2.24) is 5.43 Å². The van der Waals surface area contributed by atoms with Crippen molar-refractivity contribution in [1.29, 1.82) is 0 Å². The van der Waals surface area contributed by atoms with Gasteiger partial charge in [-0.3, -0.25) is 11.3 Å². The number of nitrogens with one attached hydrogen (secondary N) is 1. The zero-order chi connectivity index (χ0) is 14.7. The van der Waals surface area contributed by atoms with Crippen LogP contribution < -0.4 is 11.3 Å². The second-order valence-corrected chi connectivity index (χ2v) is 5.51. The number of nitrogens with two attached hydrogens (primary N) is 1. The van der Waals surface area contributed by atoms with Gasteiger partial charge in [0.05, 0.1) is 21.1 Å². The van der Waals surface area contributed by atoms with Crippen LogP contribution in [0.2, 0.25) is 15.1 Å². The normalized spacial score (nSPS) is 12.4. The molecule has 2 nitrogen and oxygen atoms in total. The molecule has 3 N–H and O–H groups in total. The number of hydrazine groups is 1. The number of halogens is 4. The first-order valence-electron chi connectivity index (χ1n) is 5.87. The Labute approximate surface area is 131 Å². The molecule has 0 amide bonds. The molecule has 0 aromatic heterocycles. The fourth-order valence-corrected chi connectivity index (χ4v) is 2.53. The lowest BCUT2D eigenvalue weighted by Gasteiger charge is -2.18. The van der Waals surface area contributed by atoms with Gasteiger partial charge in [-0.2, -0.15) is 0 Å². The van der Waals surface area contributed by atoms with Gasteiger partial charge in [0.25, 0.3) is 0 Å². The summed E-state index contributed by atoms with van der Waals surface area (Å²) in [5, 5.41) is 1.01. The highest BCUT2D eigenvalue weighted by Crippen LogP contribution is 2.29. The van der Waals surface area contributed by atoms with Crippen molar-refractivity contribution in [3.05, 3.63) is 68.4 Å². The van der Waals surface area contributed by atoms with E-state index in [1.807, 2.05) is 6.07 Å². The second kappa shape index (κ2) is 6.74. The van der Waals surface area contributed by atoms with Crippen LogP contribution in [0.1, 0.15) is 17.2 Å². The summed E-state index contributed by atoms with van der Waals surface area (Å²) in [5.41, 5.74) is 4.16. The van der Waals surface area contributed by atoms with Gasteiger partial charge in [-0.1, -0.05) is 53.0 Å². The van der Waals surface area contributed by atoms with Crippen molar-refractivity contribution in [2.24, 2.45) is 5.84 Å². The van der Waals surface area contributed by atoms with Gasteiger partial charge in [0, 0.05) is 0 Å². The molecule has 0 spiro atoms. The Bertz CT molecular complexity index is 619. The maximum Gasteiger partial charge on any atom is 0.142 e. The summed E-state index contributed by atoms with van der Waals surface area (Å²) < 4.78 is 13.5. The summed E-state index contributed by atoms with van der Waals surface area (Å²) in [6, 6.07) is 9.60. The van der Waals surface area contributed by atoms with Crippen LogP contribution in [0.4, 0.5) is 4.39 Å². The summed E-state index contributed by atoms with van der Waals surface area (Å²) >= 11 is 17.8. The first-order valence-corrected chi connectivity index (χ1v) is 7.00. The molecule has 0 fully saturated rings. The predicted molar refractivity (Wildman–Crippen MR) is 81.6 cm³/mol. The van der Waals surface area contributed by atoms with Gasteiger partial charge in [-0.05, 0) is 35.7 Å². The highest BCUT2D eigenvalue weighted by atomic mass is 35.5. The summed E-state index contributed by atoms with van der Waals surface area (Å²) in [6.45, 7) is 0. The van der Waals surface area contributed by atoms with Crippen molar-refractivity contribution in [2.75, 3.05) is 0 Å². The Morgan fingerprint density at radius 2 is 1.85 bits per heavy atom. The molecule has 0 aliphatic rings. The Morgan fingerprint density at radius 1 is 1.10 bits per heavy atom. The minimum absolute atomic E-state index is 0.0653. The first-order chi connectivity index (χ1) is 9.52. The van der Waals surface area contributed by atoms with Crippen molar-refractivity contribution in [3.8, 4) is 0 Å². The second-order valence-electron chi connectivity index (χ2n) is 4.31. The summed E-state index contributed by atoms with van der Waals surface area (Å²) in [7, 11) is 0. The highest BCUT2D eigenvalue weighted by Gasteiger charge is 2.16. The average molecular weight is 334 g/mol. The molecule has 0 aliphatic carbocycles. The van der Waals surface area contributed by atoms with Gasteiger partial charge in [0.15, 0.2) is 0 Å². The SMILES string of the molecule is NNC(Cc1ccc(Cl)c(Cl)c1)c1cccc(F)c1Cl.